The van der Waals surface area contributed by atoms with E-state index in [1.165, 1.54) is 0 Å². The van der Waals surface area contributed by atoms with Gasteiger partial charge in [0, 0.05) is 18.4 Å². The number of hydrogen-bond acceptors (Lipinski definition) is 6. The zero-order valence-corrected chi connectivity index (χ0v) is 14.4. The summed E-state index contributed by atoms with van der Waals surface area (Å²) in [5.74, 6) is 1.60. The molecule has 2 aliphatic rings. The second-order valence-electron chi connectivity index (χ2n) is 6.44. The van der Waals surface area contributed by atoms with Crippen LogP contribution in [0.3, 0.4) is 0 Å². The number of ether oxygens (including phenoxy) is 3. The minimum absolute atomic E-state index is 0.112. The minimum Gasteiger partial charge on any atom is -0.486 e. The van der Waals surface area contributed by atoms with Gasteiger partial charge in [-0.3, -0.25) is 9.78 Å². The van der Waals surface area contributed by atoms with Gasteiger partial charge >= 0.3 is 0 Å². The van der Waals surface area contributed by atoms with E-state index < -0.39 is 0 Å². The molecule has 0 bridgehead atoms. The number of fused-ring (bicyclic) bond motifs is 1. The second-order valence-corrected chi connectivity index (χ2v) is 6.44. The largest absolute Gasteiger partial charge is 0.486 e. The van der Waals surface area contributed by atoms with Crippen LogP contribution in [-0.4, -0.2) is 41.2 Å². The molecule has 7 heteroatoms. The molecule has 0 saturated heterocycles. The number of rotatable bonds is 4. The molecular formula is C19H21N3O4. The maximum Gasteiger partial charge on any atom is 0.255 e. The van der Waals surface area contributed by atoms with E-state index in [9.17, 15) is 4.79 Å². The Morgan fingerprint density at radius 3 is 2.77 bits per heavy atom. The topological polar surface area (TPSA) is 82.6 Å². The molecule has 26 heavy (non-hydrogen) atoms. The van der Waals surface area contributed by atoms with E-state index in [2.05, 4.69) is 15.3 Å². The first-order valence-corrected chi connectivity index (χ1v) is 8.92. The van der Waals surface area contributed by atoms with Gasteiger partial charge in [-0.15, -0.1) is 0 Å². The Morgan fingerprint density at radius 1 is 1.12 bits per heavy atom. The number of aromatic nitrogens is 2. The summed E-state index contributed by atoms with van der Waals surface area (Å²) < 4.78 is 17.0. The summed E-state index contributed by atoms with van der Waals surface area (Å²) in [6.45, 7) is 0.968. The van der Waals surface area contributed by atoms with Gasteiger partial charge in [-0.25, -0.2) is 4.98 Å². The van der Waals surface area contributed by atoms with Crippen molar-refractivity contribution in [3.63, 3.8) is 0 Å². The lowest BCUT2D eigenvalue weighted by Crippen LogP contribution is -2.40. The zero-order valence-electron chi connectivity index (χ0n) is 14.4. The molecule has 136 valence electrons. The third-order valence-electron chi connectivity index (χ3n) is 4.65. The third-order valence-corrected chi connectivity index (χ3v) is 4.65. The van der Waals surface area contributed by atoms with Crippen molar-refractivity contribution in [2.45, 2.75) is 37.8 Å². The Balaban J connectivity index is 1.33. The molecule has 1 fully saturated rings. The van der Waals surface area contributed by atoms with Crippen LogP contribution < -0.4 is 19.5 Å². The number of benzene rings is 1. The van der Waals surface area contributed by atoms with Gasteiger partial charge in [0.1, 0.15) is 19.3 Å². The van der Waals surface area contributed by atoms with E-state index in [0.717, 1.165) is 25.7 Å². The minimum atomic E-state index is -0.120. The summed E-state index contributed by atoms with van der Waals surface area (Å²) in [4.78, 5) is 20.8. The van der Waals surface area contributed by atoms with Crippen LogP contribution in [0.2, 0.25) is 0 Å². The Morgan fingerprint density at radius 2 is 1.96 bits per heavy atom. The Bertz CT molecular complexity index is 761. The van der Waals surface area contributed by atoms with Crippen LogP contribution in [0.5, 0.6) is 17.4 Å². The molecule has 1 saturated carbocycles. The maximum absolute atomic E-state index is 12.7. The second kappa shape index (κ2) is 7.59. The van der Waals surface area contributed by atoms with E-state index in [-0.39, 0.29) is 18.1 Å². The predicted octanol–water partition coefficient (Wildman–Crippen LogP) is 2.37. The van der Waals surface area contributed by atoms with Crippen molar-refractivity contribution in [1.82, 2.24) is 15.3 Å². The van der Waals surface area contributed by atoms with Gasteiger partial charge < -0.3 is 19.5 Å². The van der Waals surface area contributed by atoms with Crippen molar-refractivity contribution in [3.05, 3.63) is 42.4 Å². The molecule has 2 heterocycles. The number of carbonyl (C=O) groups excluding carboxylic acids is 1. The fraction of sp³-hybridized carbons (Fsp3) is 0.421. The average molecular weight is 355 g/mol. The van der Waals surface area contributed by atoms with E-state index >= 15 is 0 Å². The fourth-order valence-electron chi connectivity index (χ4n) is 3.36. The predicted molar refractivity (Wildman–Crippen MR) is 93.6 cm³/mol. The summed E-state index contributed by atoms with van der Waals surface area (Å²) in [7, 11) is 0. The van der Waals surface area contributed by atoms with E-state index in [1.54, 1.807) is 24.7 Å². The SMILES string of the molecule is O=C(NC1CCC(Oc2cnccn2)CC1)c1cccc2c1OCCO2. The normalized spacial score (nSPS) is 21.7. The van der Waals surface area contributed by atoms with E-state index in [1.807, 2.05) is 12.1 Å². The highest BCUT2D eigenvalue weighted by Crippen LogP contribution is 2.33. The van der Waals surface area contributed by atoms with Crippen LogP contribution in [0.4, 0.5) is 0 Å². The van der Waals surface area contributed by atoms with Crippen molar-refractivity contribution in [3.8, 4) is 17.4 Å². The van der Waals surface area contributed by atoms with Crippen LogP contribution in [0.15, 0.2) is 36.8 Å². The molecule has 0 unspecified atom stereocenters. The third kappa shape index (κ3) is 3.71. The van der Waals surface area contributed by atoms with Crippen LogP contribution in [0.1, 0.15) is 36.0 Å². The Kier molecular flexibility index (Phi) is 4.86. The highest BCUT2D eigenvalue weighted by atomic mass is 16.6. The lowest BCUT2D eigenvalue weighted by Gasteiger charge is -2.29. The van der Waals surface area contributed by atoms with Gasteiger partial charge in [-0.05, 0) is 37.8 Å². The molecular weight excluding hydrogens is 334 g/mol. The van der Waals surface area contributed by atoms with E-state index in [4.69, 9.17) is 14.2 Å². The Hall–Kier alpha value is -2.83. The van der Waals surface area contributed by atoms with Gasteiger partial charge in [0.15, 0.2) is 11.5 Å². The summed E-state index contributed by atoms with van der Waals surface area (Å²) in [6, 6.07) is 5.53. The summed E-state index contributed by atoms with van der Waals surface area (Å²) in [6.07, 6.45) is 8.44. The monoisotopic (exact) mass is 355 g/mol. The number of para-hydroxylation sites is 1. The van der Waals surface area contributed by atoms with Crippen LogP contribution in [0.25, 0.3) is 0 Å². The van der Waals surface area contributed by atoms with Crippen molar-refractivity contribution < 1.29 is 19.0 Å². The molecule has 1 N–H and O–H groups in total. The first-order valence-electron chi connectivity index (χ1n) is 8.92. The summed E-state index contributed by atoms with van der Waals surface area (Å²) >= 11 is 0. The molecule has 0 radical (unpaired) electrons. The molecule has 7 nitrogen and oxygen atoms in total. The first-order chi connectivity index (χ1) is 12.8. The van der Waals surface area contributed by atoms with Crippen LogP contribution >= 0.6 is 0 Å². The lowest BCUT2D eigenvalue weighted by molar-refractivity contribution is 0.0880. The standard InChI is InChI=1S/C19H21N3O4/c23-19(15-2-1-3-16-18(15)25-11-10-24-16)22-13-4-6-14(7-5-13)26-17-12-20-8-9-21-17/h1-3,8-9,12-14H,4-7,10-11H2,(H,22,23). The van der Waals surface area contributed by atoms with Gasteiger partial charge in [-0.2, -0.15) is 0 Å². The molecule has 1 aliphatic heterocycles. The van der Waals surface area contributed by atoms with Crippen molar-refractivity contribution in [1.29, 1.82) is 0 Å². The number of nitrogens with one attached hydrogen (secondary N) is 1. The molecule has 1 amide bonds. The molecule has 1 aromatic carbocycles. The number of nitrogens with zero attached hydrogens (tertiary/aromatic N) is 2. The molecule has 1 aromatic heterocycles. The Labute approximate surface area is 151 Å². The molecule has 2 aromatic rings. The van der Waals surface area contributed by atoms with Crippen LogP contribution in [-0.2, 0) is 0 Å². The molecule has 0 spiro atoms. The summed E-state index contributed by atoms with van der Waals surface area (Å²) in [5, 5.41) is 3.11. The van der Waals surface area contributed by atoms with Gasteiger partial charge in [0.2, 0.25) is 5.88 Å². The highest BCUT2D eigenvalue weighted by Gasteiger charge is 2.26. The highest BCUT2D eigenvalue weighted by molar-refractivity contribution is 5.98. The number of amides is 1. The van der Waals surface area contributed by atoms with E-state index in [0.29, 0.717) is 36.2 Å². The van der Waals surface area contributed by atoms with Crippen LogP contribution in [0, 0.1) is 0 Å². The van der Waals surface area contributed by atoms with Gasteiger partial charge in [0.05, 0.1) is 11.8 Å². The van der Waals surface area contributed by atoms with Crippen molar-refractivity contribution in [2.24, 2.45) is 0 Å². The van der Waals surface area contributed by atoms with Gasteiger partial charge in [0.25, 0.3) is 5.91 Å². The lowest BCUT2D eigenvalue weighted by atomic mass is 9.92. The van der Waals surface area contributed by atoms with Crippen molar-refractivity contribution >= 4 is 5.91 Å². The fourth-order valence-corrected chi connectivity index (χ4v) is 3.36. The number of carbonyl (C=O) groups is 1. The molecule has 4 rings (SSSR count). The maximum atomic E-state index is 12.7. The van der Waals surface area contributed by atoms with Crippen molar-refractivity contribution in [2.75, 3.05) is 13.2 Å². The molecule has 0 atom stereocenters. The number of hydrogen-bond donors (Lipinski definition) is 1. The average Bonchev–Trinajstić information content (AvgIpc) is 2.70. The molecule has 1 aliphatic carbocycles. The smallest absolute Gasteiger partial charge is 0.255 e. The quantitative estimate of drug-likeness (QED) is 0.907. The van der Waals surface area contributed by atoms with Gasteiger partial charge in [-0.1, -0.05) is 6.07 Å². The zero-order chi connectivity index (χ0) is 17.8. The summed E-state index contributed by atoms with van der Waals surface area (Å²) in [5.41, 5.74) is 0.528. The first kappa shape index (κ1) is 16.6.